The van der Waals surface area contributed by atoms with Gasteiger partial charge < -0.3 is 0 Å². The molecule has 0 bridgehead atoms. The summed E-state index contributed by atoms with van der Waals surface area (Å²) in [5, 5.41) is 0. The first kappa shape index (κ1) is 16.2. The molecule has 0 saturated carbocycles. The fourth-order valence-corrected chi connectivity index (χ4v) is 5.11. The van der Waals surface area contributed by atoms with E-state index in [9.17, 15) is 8.42 Å². The number of nitrogens with zero attached hydrogens (tertiary/aromatic N) is 1. The van der Waals surface area contributed by atoms with E-state index in [4.69, 9.17) is 0 Å². The fraction of sp³-hybridized carbons (Fsp3) is 0.368. The minimum absolute atomic E-state index is 0.0174. The summed E-state index contributed by atoms with van der Waals surface area (Å²) in [5.74, 6) is 0. The maximum atomic E-state index is 13.1. The molecule has 0 radical (unpaired) electrons. The van der Waals surface area contributed by atoms with E-state index < -0.39 is 10.0 Å². The van der Waals surface area contributed by atoms with E-state index in [-0.39, 0.29) is 17.5 Å². The summed E-state index contributed by atoms with van der Waals surface area (Å²) >= 11 is 0. The monoisotopic (exact) mass is 329 g/mol. The van der Waals surface area contributed by atoms with Crippen molar-refractivity contribution >= 4 is 10.0 Å². The van der Waals surface area contributed by atoms with Crippen LogP contribution >= 0.6 is 0 Å². The number of aryl methyl sites for hydroxylation is 1. The van der Waals surface area contributed by atoms with Gasteiger partial charge in [0.2, 0.25) is 10.0 Å². The Labute approximate surface area is 139 Å². The van der Waals surface area contributed by atoms with Crippen LogP contribution in [0.25, 0.3) is 0 Å². The number of sulfonamides is 1. The third kappa shape index (κ3) is 2.93. The quantitative estimate of drug-likeness (QED) is 0.793. The summed E-state index contributed by atoms with van der Waals surface area (Å²) < 4.78 is 27.8. The molecule has 2 aromatic carbocycles. The molecule has 1 saturated heterocycles. The Balaban J connectivity index is 2.01. The van der Waals surface area contributed by atoms with Crippen LogP contribution in [0.15, 0.2) is 59.5 Å². The fourth-order valence-electron chi connectivity index (χ4n) is 3.18. The molecular formula is C19H23NO2S. The molecular weight excluding hydrogens is 306 g/mol. The largest absolute Gasteiger partial charge is 0.244 e. The number of hydrogen-bond acceptors (Lipinski definition) is 2. The lowest BCUT2D eigenvalue weighted by Gasteiger charge is -2.18. The number of benzene rings is 2. The highest BCUT2D eigenvalue weighted by Gasteiger charge is 2.60. The first-order chi connectivity index (χ1) is 10.7. The zero-order chi connectivity index (χ0) is 16.8. The lowest BCUT2D eigenvalue weighted by molar-refractivity contribution is 0.368. The molecule has 3 atom stereocenters. The smallest absolute Gasteiger partial charge is 0.207 e. The molecule has 0 N–H and O–H groups in total. The lowest BCUT2D eigenvalue weighted by Crippen LogP contribution is -2.23. The van der Waals surface area contributed by atoms with E-state index in [1.54, 1.807) is 16.4 Å². The van der Waals surface area contributed by atoms with Crippen LogP contribution in [0.3, 0.4) is 0 Å². The average molecular weight is 329 g/mol. The van der Waals surface area contributed by atoms with Gasteiger partial charge in [0, 0.05) is 0 Å². The Kier molecular flexibility index (Phi) is 3.85. The van der Waals surface area contributed by atoms with E-state index in [0.717, 1.165) is 11.1 Å². The Bertz CT molecular complexity index is 790. The van der Waals surface area contributed by atoms with Crippen LogP contribution in [0, 0.1) is 12.3 Å². The predicted octanol–water partition coefficient (Wildman–Crippen LogP) is 4.16. The second-order valence-corrected chi connectivity index (χ2v) is 9.16. The SMILES string of the molecule is Cc1ccc(S(=O)(=O)N2[C@H](c3ccccc3)[C@@H]2C(C)(C)C)cc1. The molecule has 2 aromatic rings. The maximum absolute atomic E-state index is 13.1. The molecule has 1 heterocycles. The van der Waals surface area contributed by atoms with Crippen LogP contribution in [-0.2, 0) is 10.0 Å². The maximum Gasteiger partial charge on any atom is 0.244 e. The summed E-state index contributed by atoms with van der Waals surface area (Å²) in [6.45, 7) is 8.24. The molecule has 122 valence electrons. The van der Waals surface area contributed by atoms with Gasteiger partial charge in [0.1, 0.15) is 0 Å². The Morgan fingerprint density at radius 1 is 0.913 bits per heavy atom. The van der Waals surface area contributed by atoms with Gasteiger partial charge in [0.05, 0.1) is 17.0 Å². The van der Waals surface area contributed by atoms with E-state index in [2.05, 4.69) is 20.8 Å². The number of rotatable bonds is 3. The van der Waals surface area contributed by atoms with Crippen molar-refractivity contribution in [2.24, 2.45) is 5.41 Å². The van der Waals surface area contributed by atoms with Gasteiger partial charge in [-0.15, -0.1) is 0 Å². The zero-order valence-electron chi connectivity index (χ0n) is 14.0. The highest BCUT2D eigenvalue weighted by atomic mass is 32.2. The van der Waals surface area contributed by atoms with Gasteiger partial charge in [-0.2, -0.15) is 4.31 Å². The topological polar surface area (TPSA) is 37.1 Å². The summed E-state index contributed by atoms with van der Waals surface area (Å²) in [6.07, 6.45) is 0. The molecule has 0 spiro atoms. The van der Waals surface area contributed by atoms with Crippen molar-refractivity contribution in [3.8, 4) is 0 Å². The molecule has 3 rings (SSSR count). The summed E-state index contributed by atoms with van der Waals surface area (Å²) in [7, 11) is -3.48. The van der Waals surface area contributed by atoms with E-state index in [1.165, 1.54) is 0 Å². The molecule has 4 heteroatoms. The van der Waals surface area contributed by atoms with Crippen molar-refractivity contribution in [2.75, 3.05) is 0 Å². The van der Waals surface area contributed by atoms with Crippen LogP contribution in [0.1, 0.15) is 37.9 Å². The normalized spacial score (nSPS) is 24.4. The minimum Gasteiger partial charge on any atom is -0.207 e. The van der Waals surface area contributed by atoms with E-state index in [1.807, 2.05) is 49.4 Å². The van der Waals surface area contributed by atoms with E-state index in [0.29, 0.717) is 4.90 Å². The Hall–Kier alpha value is -1.65. The standard InChI is InChI=1S/C19H23NO2S/c1-14-10-12-16(13-11-14)23(21,22)20-17(18(20)19(2,3)4)15-8-6-5-7-9-15/h5-13,17-18H,1-4H3/t17-,18-,20?/m1/s1. The molecule has 1 unspecified atom stereocenters. The lowest BCUT2D eigenvalue weighted by atomic mass is 9.88. The van der Waals surface area contributed by atoms with Crippen LogP contribution in [0.4, 0.5) is 0 Å². The van der Waals surface area contributed by atoms with Crippen molar-refractivity contribution in [3.63, 3.8) is 0 Å². The molecule has 0 aromatic heterocycles. The summed E-state index contributed by atoms with van der Waals surface area (Å²) in [5.41, 5.74) is 2.00. The molecule has 23 heavy (non-hydrogen) atoms. The second-order valence-electron chi connectivity index (χ2n) is 7.31. The Morgan fingerprint density at radius 3 is 2.00 bits per heavy atom. The van der Waals surface area contributed by atoms with Gasteiger partial charge >= 0.3 is 0 Å². The van der Waals surface area contributed by atoms with Crippen LogP contribution in [0.2, 0.25) is 0 Å². The van der Waals surface area contributed by atoms with Crippen LogP contribution in [0.5, 0.6) is 0 Å². The first-order valence-corrected chi connectivity index (χ1v) is 9.32. The van der Waals surface area contributed by atoms with Crippen molar-refractivity contribution in [1.82, 2.24) is 4.31 Å². The van der Waals surface area contributed by atoms with Gasteiger partial charge in [-0.25, -0.2) is 8.42 Å². The molecule has 3 nitrogen and oxygen atoms in total. The highest BCUT2D eigenvalue weighted by molar-refractivity contribution is 7.89. The summed E-state index contributed by atoms with van der Waals surface area (Å²) in [6, 6.07) is 16.9. The van der Waals surface area contributed by atoms with Crippen molar-refractivity contribution in [2.45, 2.75) is 44.7 Å². The highest BCUT2D eigenvalue weighted by Crippen LogP contribution is 2.54. The molecule has 1 fully saturated rings. The average Bonchev–Trinajstić information content (AvgIpc) is 3.25. The van der Waals surface area contributed by atoms with Crippen LogP contribution in [-0.4, -0.2) is 18.8 Å². The van der Waals surface area contributed by atoms with Gasteiger partial charge in [-0.3, -0.25) is 0 Å². The minimum atomic E-state index is -3.48. The van der Waals surface area contributed by atoms with E-state index >= 15 is 0 Å². The number of hydrogen-bond donors (Lipinski definition) is 0. The molecule has 0 amide bonds. The van der Waals surface area contributed by atoms with Gasteiger partial charge in [0.15, 0.2) is 0 Å². The van der Waals surface area contributed by atoms with Crippen molar-refractivity contribution in [1.29, 1.82) is 0 Å². The zero-order valence-corrected chi connectivity index (χ0v) is 14.8. The van der Waals surface area contributed by atoms with Crippen LogP contribution < -0.4 is 0 Å². The van der Waals surface area contributed by atoms with Crippen molar-refractivity contribution in [3.05, 3.63) is 65.7 Å². The Morgan fingerprint density at radius 2 is 1.48 bits per heavy atom. The first-order valence-electron chi connectivity index (χ1n) is 7.88. The second kappa shape index (κ2) is 5.46. The molecule has 0 aliphatic carbocycles. The predicted molar refractivity (Wildman–Crippen MR) is 92.6 cm³/mol. The van der Waals surface area contributed by atoms with Gasteiger partial charge in [-0.1, -0.05) is 68.8 Å². The molecule has 1 aliphatic heterocycles. The van der Waals surface area contributed by atoms with Crippen molar-refractivity contribution < 1.29 is 8.42 Å². The third-order valence-electron chi connectivity index (χ3n) is 4.38. The summed E-state index contributed by atoms with van der Waals surface area (Å²) in [4.78, 5) is 0.371. The van der Waals surface area contributed by atoms with Gasteiger partial charge in [-0.05, 0) is 30.0 Å². The van der Waals surface area contributed by atoms with Gasteiger partial charge in [0.25, 0.3) is 0 Å². The third-order valence-corrected chi connectivity index (χ3v) is 6.26. The molecule has 1 aliphatic rings.